The third-order valence-electron chi connectivity index (χ3n) is 7.41. The van der Waals surface area contributed by atoms with Crippen molar-refractivity contribution in [3.05, 3.63) is 48.0 Å². The molecule has 0 bridgehead atoms. The Morgan fingerprint density at radius 1 is 0.762 bits per heavy atom. The number of carbonyl (C=O) groups is 2. The van der Waals surface area contributed by atoms with Gasteiger partial charge >= 0.3 is 0 Å². The average Bonchev–Trinajstić information content (AvgIpc) is 2.98. The van der Waals surface area contributed by atoms with Gasteiger partial charge in [0.25, 0.3) is 5.91 Å². The van der Waals surface area contributed by atoms with Crippen molar-refractivity contribution in [2.45, 2.75) is 58.8 Å². The monoisotopic (exact) mass is 572 g/mol. The number of phenols is 1. The van der Waals surface area contributed by atoms with Gasteiger partial charge in [0.2, 0.25) is 23.8 Å². The van der Waals surface area contributed by atoms with Crippen LogP contribution in [-0.2, 0) is 4.79 Å². The summed E-state index contributed by atoms with van der Waals surface area (Å²) in [6, 6.07) is 11.7. The number of rotatable bonds is 9. The van der Waals surface area contributed by atoms with Crippen LogP contribution in [0.5, 0.6) is 5.75 Å². The van der Waals surface area contributed by atoms with Crippen molar-refractivity contribution in [1.82, 2.24) is 15.0 Å². The van der Waals surface area contributed by atoms with E-state index >= 15 is 0 Å². The van der Waals surface area contributed by atoms with E-state index < -0.39 is 5.91 Å². The van der Waals surface area contributed by atoms with Crippen LogP contribution in [0, 0.1) is 5.92 Å². The van der Waals surface area contributed by atoms with Gasteiger partial charge in [-0.05, 0) is 80.8 Å². The fourth-order valence-corrected chi connectivity index (χ4v) is 5.23. The van der Waals surface area contributed by atoms with Gasteiger partial charge in [-0.2, -0.15) is 15.0 Å². The lowest BCUT2D eigenvalue weighted by atomic mass is 10.1. The second-order valence-corrected chi connectivity index (χ2v) is 11.4. The Balaban J connectivity index is 1.25. The Hall–Kier alpha value is -4.41. The summed E-state index contributed by atoms with van der Waals surface area (Å²) in [4.78, 5) is 43.7. The zero-order valence-electron chi connectivity index (χ0n) is 24.4. The molecule has 0 aliphatic carbocycles. The summed E-state index contributed by atoms with van der Waals surface area (Å²) in [6.45, 7) is 7.70. The second-order valence-electron chi connectivity index (χ2n) is 11.4. The van der Waals surface area contributed by atoms with Gasteiger partial charge < -0.3 is 30.9 Å². The number of phenolic OH excluding ortho intramolecular Hbond substituents is 1. The highest BCUT2D eigenvalue weighted by molar-refractivity contribution is 6.06. The van der Waals surface area contributed by atoms with Gasteiger partial charge in [-0.15, -0.1) is 0 Å². The Bertz CT molecular complexity index is 1350. The van der Waals surface area contributed by atoms with Crippen LogP contribution < -0.4 is 25.8 Å². The fourth-order valence-electron chi connectivity index (χ4n) is 5.23. The van der Waals surface area contributed by atoms with Crippen LogP contribution in [0.2, 0.25) is 0 Å². The van der Waals surface area contributed by atoms with E-state index in [1.165, 1.54) is 25.0 Å². The minimum Gasteiger partial charge on any atom is -0.507 e. The van der Waals surface area contributed by atoms with Crippen molar-refractivity contribution in [2.75, 3.05) is 51.9 Å². The number of hydrogen-bond donors (Lipinski definition) is 4. The summed E-state index contributed by atoms with van der Waals surface area (Å²) in [5, 5.41) is 19.3. The summed E-state index contributed by atoms with van der Waals surface area (Å²) in [7, 11) is 0. The molecular weight excluding hydrogens is 532 g/mol. The number of carbonyl (C=O) groups excluding carboxylic acids is 2. The van der Waals surface area contributed by atoms with Crippen LogP contribution >= 0.6 is 0 Å². The van der Waals surface area contributed by atoms with Gasteiger partial charge in [0, 0.05) is 55.7 Å². The molecule has 0 radical (unpaired) electrons. The topological polar surface area (TPSA) is 136 Å². The van der Waals surface area contributed by atoms with Crippen molar-refractivity contribution < 1.29 is 14.7 Å². The van der Waals surface area contributed by atoms with Crippen LogP contribution in [0.25, 0.3) is 0 Å². The summed E-state index contributed by atoms with van der Waals surface area (Å²) in [6.07, 6.45) is 7.39. The minimum atomic E-state index is -0.455. The van der Waals surface area contributed by atoms with Crippen LogP contribution in [0.15, 0.2) is 42.5 Å². The predicted molar refractivity (Wildman–Crippen MR) is 166 cm³/mol. The number of aromatic hydroxyl groups is 1. The normalized spacial score (nSPS) is 15.4. The first-order valence-corrected chi connectivity index (χ1v) is 14.9. The van der Waals surface area contributed by atoms with Gasteiger partial charge in [-0.3, -0.25) is 9.59 Å². The highest BCUT2D eigenvalue weighted by Crippen LogP contribution is 2.26. The lowest BCUT2D eigenvalue weighted by Crippen LogP contribution is -2.34. The van der Waals surface area contributed by atoms with Crippen LogP contribution in [0.3, 0.4) is 0 Å². The molecule has 2 aromatic carbocycles. The van der Waals surface area contributed by atoms with E-state index in [0.717, 1.165) is 57.5 Å². The third kappa shape index (κ3) is 7.65. The predicted octanol–water partition coefficient (Wildman–Crippen LogP) is 5.54. The first kappa shape index (κ1) is 29.1. The first-order valence-electron chi connectivity index (χ1n) is 14.9. The molecule has 2 amide bonds. The molecule has 2 saturated heterocycles. The summed E-state index contributed by atoms with van der Waals surface area (Å²) < 4.78 is 0. The van der Waals surface area contributed by atoms with E-state index in [0.29, 0.717) is 35.6 Å². The SMILES string of the molecule is CC(C)CC(=O)Nc1ccc(C(=O)Nc2ccc(Nc3nc(N4CCCCC4)nc(N4CCCCC4)n3)cc2)c(O)c1. The highest BCUT2D eigenvalue weighted by Gasteiger charge is 2.21. The molecule has 3 aromatic rings. The Labute approximate surface area is 246 Å². The highest BCUT2D eigenvalue weighted by atomic mass is 16.3. The van der Waals surface area contributed by atoms with E-state index in [-0.39, 0.29) is 23.1 Å². The number of aromatic nitrogens is 3. The molecule has 0 unspecified atom stereocenters. The van der Waals surface area contributed by atoms with Crippen molar-refractivity contribution in [2.24, 2.45) is 5.92 Å². The molecule has 2 fully saturated rings. The maximum atomic E-state index is 12.9. The Morgan fingerprint density at radius 2 is 1.31 bits per heavy atom. The molecule has 1 aromatic heterocycles. The number of benzene rings is 2. The maximum Gasteiger partial charge on any atom is 0.259 e. The zero-order chi connectivity index (χ0) is 29.5. The van der Waals surface area contributed by atoms with E-state index in [1.807, 2.05) is 26.0 Å². The van der Waals surface area contributed by atoms with Gasteiger partial charge in [0.1, 0.15) is 5.75 Å². The Morgan fingerprint density at radius 3 is 1.86 bits per heavy atom. The number of piperidine rings is 2. The number of amides is 2. The molecule has 2 aliphatic heterocycles. The third-order valence-corrected chi connectivity index (χ3v) is 7.41. The minimum absolute atomic E-state index is 0.111. The van der Waals surface area contributed by atoms with Gasteiger partial charge in [0.15, 0.2) is 0 Å². The molecule has 2 aliphatic rings. The molecule has 222 valence electrons. The average molecular weight is 573 g/mol. The molecule has 0 saturated carbocycles. The number of anilines is 6. The lowest BCUT2D eigenvalue weighted by molar-refractivity contribution is -0.116. The lowest BCUT2D eigenvalue weighted by Gasteiger charge is -2.30. The van der Waals surface area contributed by atoms with Crippen molar-refractivity contribution in [3.63, 3.8) is 0 Å². The zero-order valence-corrected chi connectivity index (χ0v) is 24.4. The molecule has 0 spiro atoms. The van der Waals surface area contributed by atoms with Crippen molar-refractivity contribution in [3.8, 4) is 5.75 Å². The van der Waals surface area contributed by atoms with E-state index in [9.17, 15) is 14.7 Å². The standard InChI is InChI=1S/C31H40N8O3/c1-21(2)19-27(41)32-24-13-14-25(26(40)20-24)28(42)33-22-9-11-23(12-10-22)34-29-35-30(38-15-5-3-6-16-38)37-31(36-29)39-17-7-4-8-18-39/h9-14,20-21,40H,3-8,15-19H2,1-2H3,(H,32,41)(H,33,42)(H,34,35,36,37). The number of hydrogen-bond acceptors (Lipinski definition) is 9. The second kappa shape index (κ2) is 13.5. The van der Waals surface area contributed by atoms with E-state index in [4.69, 9.17) is 15.0 Å². The van der Waals surface area contributed by atoms with Crippen molar-refractivity contribution >= 4 is 46.7 Å². The largest absolute Gasteiger partial charge is 0.507 e. The molecule has 42 heavy (non-hydrogen) atoms. The molecule has 5 rings (SSSR count). The summed E-state index contributed by atoms with van der Waals surface area (Å²) >= 11 is 0. The quantitative estimate of drug-likeness (QED) is 0.261. The molecule has 4 N–H and O–H groups in total. The molecular formula is C31H40N8O3. The van der Waals surface area contributed by atoms with Crippen LogP contribution in [0.4, 0.5) is 34.9 Å². The number of nitrogens with zero attached hydrogens (tertiary/aromatic N) is 5. The number of nitrogens with one attached hydrogen (secondary N) is 3. The van der Waals surface area contributed by atoms with Crippen molar-refractivity contribution in [1.29, 1.82) is 0 Å². The van der Waals surface area contributed by atoms with Gasteiger partial charge in [0.05, 0.1) is 5.56 Å². The molecule has 11 heteroatoms. The summed E-state index contributed by atoms with van der Waals surface area (Å²) in [5.74, 6) is 1.33. The molecule has 3 heterocycles. The fraction of sp³-hybridized carbons (Fsp3) is 0.452. The molecule has 11 nitrogen and oxygen atoms in total. The maximum absolute atomic E-state index is 12.9. The molecule has 0 atom stereocenters. The van der Waals surface area contributed by atoms with E-state index in [2.05, 4.69) is 25.8 Å². The Kier molecular flexibility index (Phi) is 9.35. The van der Waals surface area contributed by atoms with Crippen LogP contribution in [0.1, 0.15) is 69.2 Å². The van der Waals surface area contributed by atoms with Crippen LogP contribution in [-0.4, -0.2) is 58.1 Å². The first-order chi connectivity index (χ1) is 20.3. The smallest absolute Gasteiger partial charge is 0.259 e. The van der Waals surface area contributed by atoms with Gasteiger partial charge in [-0.1, -0.05) is 13.8 Å². The summed E-state index contributed by atoms with van der Waals surface area (Å²) in [5.41, 5.74) is 1.89. The van der Waals surface area contributed by atoms with Gasteiger partial charge in [-0.25, -0.2) is 0 Å². The van der Waals surface area contributed by atoms with E-state index in [1.54, 1.807) is 18.2 Å².